The summed E-state index contributed by atoms with van der Waals surface area (Å²) >= 11 is 5.73. The zero-order valence-corrected chi connectivity index (χ0v) is 5.87. The fraction of sp³-hybridized carbons (Fsp3) is 1.00. The number of halogens is 1. The predicted molar refractivity (Wildman–Crippen MR) is 33.6 cm³/mol. The van der Waals surface area contributed by atoms with E-state index in [9.17, 15) is 0 Å². The van der Waals surface area contributed by atoms with Crippen LogP contribution in [0, 0.1) is 0 Å². The van der Waals surface area contributed by atoms with Gasteiger partial charge in [0.1, 0.15) is 0 Å². The summed E-state index contributed by atoms with van der Waals surface area (Å²) in [5.41, 5.74) is 0.208. The molecule has 0 radical (unpaired) electrons. The molecule has 0 saturated carbocycles. The minimum Gasteiger partial charge on any atom is -0.294 e. The zero-order chi connectivity index (χ0) is 5.86. The molecule has 0 aromatic rings. The second-order valence-corrected chi connectivity index (χ2v) is 2.31. The molecule has 0 aliphatic rings. The van der Waals surface area contributed by atoms with E-state index in [1.54, 1.807) is 0 Å². The first-order valence-corrected chi connectivity index (χ1v) is 2.92. The fourth-order valence-electron chi connectivity index (χ4n) is 0.365. The lowest BCUT2D eigenvalue weighted by Crippen LogP contribution is -2.20. The van der Waals surface area contributed by atoms with Crippen LogP contribution < -0.4 is 0 Å². The Morgan fingerprint density at radius 1 is 1.57 bits per heavy atom. The SMILES string of the molecule is CCC(Cl)N(C)C. The third kappa shape index (κ3) is 2.89. The van der Waals surface area contributed by atoms with Gasteiger partial charge < -0.3 is 0 Å². The van der Waals surface area contributed by atoms with Gasteiger partial charge >= 0.3 is 0 Å². The Balaban J connectivity index is 3.14. The fourth-order valence-corrected chi connectivity index (χ4v) is 0.365. The van der Waals surface area contributed by atoms with E-state index >= 15 is 0 Å². The van der Waals surface area contributed by atoms with Crippen LogP contribution in [0.1, 0.15) is 13.3 Å². The standard InChI is InChI=1S/C5H12ClN/c1-4-5(6)7(2)3/h5H,4H2,1-3H3. The first-order chi connectivity index (χ1) is 3.18. The molecule has 1 unspecified atom stereocenters. The van der Waals surface area contributed by atoms with Gasteiger partial charge in [0.05, 0.1) is 5.50 Å². The Morgan fingerprint density at radius 2 is 2.00 bits per heavy atom. The number of hydrogen-bond acceptors (Lipinski definition) is 1. The minimum atomic E-state index is 0.208. The lowest BCUT2D eigenvalue weighted by Gasteiger charge is -2.13. The van der Waals surface area contributed by atoms with Crippen LogP contribution in [0.4, 0.5) is 0 Å². The van der Waals surface area contributed by atoms with Gasteiger partial charge in [-0.05, 0) is 20.5 Å². The van der Waals surface area contributed by atoms with E-state index in [-0.39, 0.29) is 5.50 Å². The predicted octanol–water partition coefficient (Wildman–Crippen LogP) is 1.52. The van der Waals surface area contributed by atoms with Crippen LogP contribution in [0.25, 0.3) is 0 Å². The molecule has 1 atom stereocenters. The second kappa shape index (κ2) is 3.28. The van der Waals surface area contributed by atoms with Crippen molar-refractivity contribution < 1.29 is 0 Å². The summed E-state index contributed by atoms with van der Waals surface area (Å²) in [5, 5.41) is 0. The van der Waals surface area contributed by atoms with Crippen molar-refractivity contribution in [2.75, 3.05) is 14.1 Å². The monoisotopic (exact) mass is 121 g/mol. The van der Waals surface area contributed by atoms with Gasteiger partial charge in [0.25, 0.3) is 0 Å². The van der Waals surface area contributed by atoms with Gasteiger partial charge in [0.2, 0.25) is 0 Å². The summed E-state index contributed by atoms with van der Waals surface area (Å²) < 4.78 is 0. The highest BCUT2D eigenvalue weighted by Gasteiger charge is 1.99. The average molecular weight is 122 g/mol. The van der Waals surface area contributed by atoms with Gasteiger partial charge in [-0.15, -0.1) is 11.6 Å². The highest BCUT2D eigenvalue weighted by molar-refractivity contribution is 6.20. The van der Waals surface area contributed by atoms with E-state index in [1.807, 2.05) is 19.0 Å². The maximum Gasteiger partial charge on any atom is 0.0842 e. The number of alkyl halides is 1. The van der Waals surface area contributed by atoms with Crippen molar-refractivity contribution in [2.24, 2.45) is 0 Å². The van der Waals surface area contributed by atoms with Crippen LogP contribution in [0.5, 0.6) is 0 Å². The van der Waals surface area contributed by atoms with E-state index in [1.165, 1.54) is 0 Å². The molecule has 0 amide bonds. The molecule has 2 heteroatoms. The van der Waals surface area contributed by atoms with Crippen molar-refractivity contribution in [1.82, 2.24) is 4.90 Å². The molecule has 0 aliphatic carbocycles. The van der Waals surface area contributed by atoms with Crippen molar-refractivity contribution >= 4 is 11.6 Å². The van der Waals surface area contributed by atoms with Crippen LogP contribution in [0.15, 0.2) is 0 Å². The molecule has 0 aromatic heterocycles. The highest BCUT2D eigenvalue weighted by Crippen LogP contribution is 2.01. The molecule has 0 aliphatic heterocycles. The van der Waals surface area contributed by atoms with E-state index < -0.39 is 0 Å². The smallest absolute Gasteiger partial charge is 0.0842 e. The number of nitrogens with zero attached hydrogens (tertiary/aromatic N) is 1. The number of rotatable bonds is 2. The molecule has 0 heterocycles. The summed E-state index contributed by atoms with van der Waals surface area (Å²) in [5.74, 6) is 0. The van der Waals surface area contributed by atoms with E-state index in [0.717, 1.165) is 6.42 Å². The van der Waals surface area contributed by atoms with Gasteiger partial charge in [0.15, 0.2) is 0 Å². The van der Waals surface area contributed by atoms with Gasteiger partial charge in [-0.1, -0.05) is 6.92 Å². The Bertz CT molecular complexity index is 45.3. The summed E-state index contributed by atoms with van der Waals surface area (Å²) in [6, 6.07) is 0. The molecule has 44 valence electrons. The van der Waals surface area contributed by atoms with Crippen molar-refractivity contribution in [3.63, 3.8) is 0 Å². The van der Waals surface area contributed by atoms with E-state index in [4.69, 9.17) is 11.6 Å². The molecule has 0 spiro atoms. The lowest BCUT2D eigenvalue weighted by atomic mass is 10.4. The molecule has 0 rings (SSSR count). The van der Waals surface area contributed by atoms with Gasteiger partial charge in [0, 0.05) is 0 Å². The molecular weight excluding hydrogens is 110 g/mol. The van der Waals surface area contributed by atoms with Gasteiger partial charge in [-0.25, -0.2) is 0 Å². The third-order valence-electron chi connectivity index (χ3n) is 0.897. The van der Waals surface area contributed by atoms with E-state index in [2.05, 4.69) is 6.92 Å². The van der Waals surface area contributed by atoms with Crippen molar-refractivity contribution in [3.05, 3.63) is 0 Å². The zero-order valence-electron chi connectivity index (χ0n) is 5.11. The molecule has 1 nitrogen and oxygen atoms in total. The minimum absolute atomic E-state index is 0.208. The molecule has 0 N–H and O–H groups in total. The molecule has 0 fully saturated rings. The maximum absolute atomic E-state index is 5.73. The van der Waals surface area contributed by atoms with Crippen LogP contribution in [0.3, 0.4) is 0 Å². The Labute approximate surface area is 50.3 Å². The van der Waals surface area contributed by atoms with Crippen LogP contribution in [-0.2, 0) is 0 Å². The number of hydrogen-bond donors (Lipinski definition) is 0. The topological polar surface area (TPSA) is 3.24 Å². The average Bonchev–Trinajstić information content (AvgIpc) is 1.65. The summed E-state index contributed by atoms with van der Waals surface area (Å²) in [6.07, 6.45) is 1.01. The van der Waals surface area contributed by atoms with Crippen molar-refractivity contribution in [3.8, 4) is 0 Å². The Hall–Kier alpha value is 0.250. The van der Waals surface area contributed by atoms with Gasteiger partial charge in [-0.3, -0.25) is 4.90 Å². The van der Waals surface area contributed by atoms with Crippen LogP contribution in [0.2, 0.25) is 0 Å². The summed E-state index contributed by atoms with van der Waals surface area (Å²) in [7, 11) is 3.95. The van der Waals surface area contributed by atoms with Crippen molar-refractivity contribution in [2.45, 2.75) is 18.8 Å². The largest absolute Gasteiger partial charge is 0.294 e. The molecule has 0 bridgehead atoms. The highest BCUT2D eigenvalue weighted by atomic mass is 35.5. The second-order valence-electron chi connectivity index (χ2n) is 1.81. The first kappa shape index (κ1) is 7.25. The molecular formula is C5H12ClN. The maximum atomic E-state index is 5.73. The quantitative estimate of drug-likeness (QED) is 0.396. The summed E-state index contributed by atoms with van der Waals surface area (Å²) in [6.45, 7) is 2.07. The molecule has 0 saturated heterocycles. The first-order valence-electron chi connectivity index (χ1n) is 2.49. The Kier molecular flexibility index (Phi) is 3.39. The van der Waals surface area contributed by atoms with Crippen LogP contribution >= 0.6 is 11.6 Å². The lowest BCUT2D eigenvalue weighted by molar-refractivity contribution is 0.369. The van der Waals surface area contributed by atoms with E-state index in [0.29, 0.717) is 0 Å². The molecule has 7 heavy (non-hydrogen) atoms. The van der Waals surface area contributed by atoms with Crippen molar-refractivity contribution in [1.29, 1.82) is 0 Å². The van der Waals surface area contributed by atoms with Crippen LogP contribution in [-0.4, -0.2) is 24.5 Å². The van der Waals surface area contributed by atoms with Gasteiger partial charge in [-0.2, -0.15) is 0 Å². The normalized spacial score (nSPS) is 15.0. The Morgan fingerprint density at radius 3 is 2.00 bits per heavy atom. The summed E-state index contributed by atoms with van der Waals surface area (Å²) in [4.78, 5) is 1.99. The molecule has 0 aromatic carbocycles. The third-order valence-corrected chi connectivity index (χ3v) is 1.60.